The van der Waals surface area contributed by atoms with Gasteiger partial charge < -0.3 is 10.2 Å². The predicted octanol–water partition coefficient (Wildman–Crippen LogP) is 2.91. The number of halogens is 1. The Balaban J connectivity index is 1.56. The van der Waals surface area contributed by atoms with Gasteiger partial charge in [-0.05, 0) is 56.8 Å². The number of rotatable bonds is 2. The SMILES string of the molecule is Cc1c(C(=O)N2CC[C@@H]3CNC[C@@H]3CC2)cnn1-c1ccccc1Cl. The van der Waals surface area contributed by atoms with Gasteiger partial charge in [0, 0.05) is 13.1 Å². The molecule has 2 atom stereocenters. The molecule has 2 aliphatic rings. The Morgan fingerprint density at radius 2 is 1.88 bits per heavy atom. The van der Waals surface area contributed by atoms with Crippen LogP contribution in [0.2, 0.25) is 5.02 Å². The van der Waals surface area contributed by atoms with Crippen LogP contribution in [0, 0.1) is 18.8 Å². The highest BCUT2D eigenvalue weighted by Crippen LogP contribution is 2.28. The Hall–Kier alpha value is -1.85. The van der Waals surface area contributed by atoms with Crippen LogP contribution in [0.15, 0.2) is 30.5 Å². The van der Waals surface area contributed by atoms with Crippen LogP contribution in [0.1, 0.15) is 28.9 Å². The van der Waals surface area contributed by atoms with E-state index in [0.717, 1.165) is 50.4 Å². The number of fused-ring (bicyclic) bond motifs is 1. The second kappa shape index (κ2) is 6.81. The third-order valence-corrected chi connectivity index (χ3v) is 5.95. The molecule has 2 fully saturated rings. The number of benzene rings is 1. The minimum atomic E-state index is 0.0868. The van der Waals surface area contributed by atoms with Crippen molar-refractivity contribution in [3.05, 3.63) is 46.7 Å². The molecule has 1 aromatic heterocycles. The van der Waals surface area contributed by atoms with Gasteiger partial charge in [0.25, 0.3) is 5.91 Å². The first-order valence-corrected chi connectivity index (χ1v) is 9.32. The van der Waals surface area contributed by atoms with Gasteiger partial charge in [0.15, 0.2) is 0 Å². The number of amides is 1. The molecule has 0 radical (unpaired) electrons. The molecule has 25 heavy (non-hydrogen) atoms. The zero-order valence-corrected chi connectivity index (χ0v) is 15.2. The Labute approximate surface area is 153 Å². The first-order valence-electron chi connectivity index (χ1n) is 8.94. The third kappa shape index (κ3) is 3.07. The summed E-state index contributed by atoms with van der Waals surface area (Å²) in [7, 11) is 0. The van der Waals surface area contributed by atoms with Crippen molar-refractivity contribution in [3.8, 4) is 5.69 Å². The second-order valence-corrected chi connectivity index (χ2v) is 7.46. The highest BCUT2D eigenvalue weighted by atomic mass is 35.5. The summed E-state index contributed by atoms with van der Waals surface area (Å²) < 4.78 is 1.76. The van der Waals surface area contributed by atoms with Gasteiger partial charge in [-0.1, -0.05) is 23.7 Å². The lowest BCUT2D eigenvalue weighted by atomic mass is 9.92. The van der Waals surface area contributed by atoms with Gasteiger partial charge in [-0.3, -0.25) is 4.79 Å². The molecular weight excluding hydrogens is 336 g/mol. The van der Waals surface area contributed by atoms with Crippen molar-refractivity contribution < 1.29 is 4.79 Å². The van der Waals surface area contributed by atoms with Gasteiger partial charge >= 0.3 is 0 Å². The topological polar surface area (TPSA) is 50.2 Å². The first kappa shape index (κ1) is 16.6. The summed E-state index contributed by atoms with van der Waals surface area (Å²) in [6.45, 7) is 5.78. The van der Waals surface area contributed by atoms with Gasteiger partial charge in [-0.25, -0.2) is 4.68 Å². The van der Waals surface area contributed by atoms with Crippen molar-refractivity contribution >= 4 is 17.5 Å². The van der Waals surface area contributed by atoms with E-state index < -0.39 is 0 Å². The van der Waals surface area contributed by atoms with Gasteiger partial charge in [-0.2, -0.15) is 5.10 Å². The van der Waals surface area contributed by atoms with Crippen LogP contribution in [0.5, 0.6) is 0 Å². The van der Waals surface area contributed by atoms with Crippen molar-refractivity contribution in [1.82, 2.24) is 20.0 Å². The van der Waals surface area contributed by atoms with E-state index in [1.54, 1.807) is 10.9 Å². The third-order valence-electron chi connectivity index (χ3n) is 5.63. The van der Waals surface area contributed by atoms with Gasteiger partial charge in [-0.15, -0.1) is 0 Å². The Kier molecular flexibility index (Phi) is 4.52. The Bertz CT molecular complexity index is 773. The number of hydrogen-bond donors (Lipinski definition) is 1. The van der Waals surface area contributed by atoms with Gasteiger partial charge in [0.1, 0.15) is 0 Å². The van der Waals surface area contributed by atoms with E-state index in [2.05, 4.69) is 10.4 Å². The van der Waals surface area contributed by atoms with Crippen LogP contribution >= 0.6 is 11.6 Å². The smallest absolute Gasteiger partial charge is 0.257 e. The maximum atomic E-state index is 13.0. The number of hydrogen-bond acceptors (Lipinski definition) is 3. The van der Waals surface area contributed by atoms with Crippen molar-refractivity contribution in [2.75, 3.05) is 26.2 Å². The van der Waals surface area contributed by atoms with E-state index in [0.29, 0.717) is 22.4 Å². The summed E-state index contributed by atoms with van der Waals surface area (Å²) in [5, 5.41) is 8.52. The zero-order valence-electron chi connectivity index (χ0n) is 14.4. The summed E-state index contributed by atoms with van der Waals surface area (Å²) in [6, 6.07) is 7.56. The molecule has 0 saturated carbocycles. The molecule has 1 amide bonds. The number of para-hydroxylation sites is 1. The first-order chi connectivity index (χ1) is 12.1. The molecule has 2 saturated heterocycles. The normalized spacial score (nSPS) is 23.4. The van der Waals surface area contributed by atoms with E-state index >= 15 is 0 Å². The fraction of sp³-hybridized carbons (Fsp3) is 0.474. The number of nitrogens with one attached hydrogen (secondary N) is 1. The van der Waals surface area contributed by atoms with Crippen molar-refractivity contribution in [2.24, 2.45) is 11.8 Å². The minimum absolute atomic E-state index is 0.0868. The van der Waals surface area contributed by atoms with Crippen LogP contribution in [0.4, 0.5) is 0 Å². The Morgan fingerprint density at radius 1 is 1.20 bits per heavy atom. The largest absolute Gasteiger partial charge is 0.339 e. The molecule has 0 aliphatic carbocycles. The summed E-state index contributed by atoms with van der Waals surface area (Å²) in [6.07, 6.45) is 3.84. The standard InChI is InChI=1S/C19H23ClN4O/c1-13-16(12-22-24(13)18-5-3-2-4-17(18)20)19(25)23-8-6-14-10-21-11-15(14)7-9-23/h2-5,12,14-15,21H,6-11H2,1H3/t14-,15+. The lowest BCUT2D eigenvalue weighted by Crippen LogP contribution is -2.33. The molecule has 0 bridgehead atoms. The highest BCUT2D eigenvalue weighted by Gasteiger charge is 2.32. The van der Waals surface area contributed by atoms with E-state index in [9.17, 15) is 4.79 Å². The zero-order chi connectivity index (χ0) is 17.4. The summed E-state index contributed by atoms with van der Waals surface area (Å²) in [4.78, 5) is 15.0. The number of likely N-dealkylation sites (tertiary alicyclic amines) is 1. The van der Waals surface area contributed by atoms with E-state index in [-0.39, 0.29) is 5.91 Å². The molecular formula is C19H23ClN4O. The highest BCUT2D eigenvalue weighted by molar-refractivity contribution is 6.32. The maximum absolute atomic E-state index is 13.0. The van der Waals surface area contributed by atoms with Crippen LogP contribution < -0.4 is 5.32 Å². The van der Waals surface area contributed by atoms with Crippen LogP contribution in [0.3, 0.4) is 0 Å². The van der Waals surface area contributed by atoms with Crippen LogP contribution in [0.25, 0.3) is 5.69 Å². The van der Waals surface area contributed by atoms with E-state index in [1.807, 2.05) is 36.1 Å². The fourth-order valence-electron chi connectivity index (χ4n) is 4.08. The lowest BCUT2D eigenvalue weighted by molar-refractivity contribution is 0.0757. The van der Waals surface area contributed by atoms with Crippen molar-refractivity contribution in [2.45, 2.75) is 19.8 Å². The molecule has 2 aliphatic heterocycles. The number of carbonyl (C=O) groups excluding carboxylic acids is 1. The predicted molar refractivity (Wildman–Crippen MR) is 98.3 cm³/mol. The Morgan fingerprint density at radius 3 is 2.56 bits per heavy atom. The number of aromatic nitrogens is 2. The number of nitrogens with zero attached hydrogens (tertiary/aromatic N) is 3. The van der Waals surface area contributed by atoms with Gasteiger partial charge in [0.05, 0.1) is 28.2 Å². The van der Waals surface area contributed by atoms with Crippen LogP contribution in [-0.4, -0.2) is 46.8 Å². The molecule has 5 nitrogen and oxygen atoms in total. The molecule has 4 rings (SSSR count). The van der Waals surface area contributed by atoms with Crippen molar-refractivity contribution in [3.63, 3.8) is 0 Å². The average Bonchev–Trinajstić information content (AvgIpc) is 3.16. The van der Waals surface area contributed by atoms with Gasteiger partial charge in [0.2, 0.25) is 0 Å². The molecule has 2 aromatic rings. The molecule has 132 valence electrons. The van der Waals surface area contributed by atoms with Crippen molar-refractivity contribution in [1.29, 1.82) is 0 Å². The molecule has 1 aromatic carbocycles. The van der Waals surface area contributed by atoms with E-state index in [4.69, 9.17) is 11.6 Å². The summed E-state index contributed by atoms with van der Waals surface area (Å²) >= 11 is 6.28. The number of carbonyl (C=O) groups is 1. The maximum Gasteiger partial charge on any atom is 0.257 e. The van der Waals surface area contributed by atoms with Crippen LogP contribution in [-0.2, 0) is 0 Å². The quantitative estimate of drug-likeness (QED) is 0.898. The molecule has 0 spiro atoms. The monoisotopic (exact) mass is 358 g/mol. The second-order valence-electron chi connectivity index (χ2n) is 7.05. The van der Waals surface area contributed by atoms with E-state index in [1.165, 1.54) is 0 Å². The lowest BCUT2D eigenvalue weighted by Gasteiger charge is -2.20. The molecule has 1 N–H and O–H groups in total. The molecule has 0 unspecified atom stereocenters. The fourth-order valence-corrected chi connectivity index (χ4v) is 4.29. The molecule has 3 heterocycles. The minimum Gasteiger partial charge on any atom is -0.339 e. The summed E-state index contributed by atoms with van der Waals surface area (Å²) in [5.74, 6) is 1.51. The summed E-state index contributed by atoms with van der Waals surface area (Å²) in [5.41, 5.74) is 2.31. The average molecular weight is 359 g/mol. The molecule has 6 heteroatoms.